The molecule has 2 heterocycles. The number of carbonyl (C=O) groups excluding carboxylic acids is 1. The van der Waals surface area contributed by atoms with Crippen LogP contribution in [-0.2, 0) is 6.54 Å². The van der Waals surface area contributed by atoms with E-state index in [4.69, 9.17) is 0 Å². The molecule has 0 bridgehead atoms. The van der Waals surface area contributed by atoms with E-state index in [0.29, 0.717) is 24.7 Å². The van der Waals surface area contributed by atoms with Gasteiger partial charge >= 0.3 is 0 Å². The van der Waals surface area contributed by atoms with Crippen molar-refractivity contribution in [2.75, 3.05) is 6.54 Å². The number of imidazole rings is 1. The Balaban J connectivity index is 1.51. The van der Waals surface area contributed by atoms with Gasteiger partial charge in [-0.3, -0.25) is 9.48 Å². The highest BCUT2D eigenvalue weighted by molar-refractivity contribution is 5.94. The first kappa shape index (κ1) is 17.9. The second-order valence-electron chi connectivity index (χ2n) is 6.69. The molecule has 0 fully saturated rings. The summed E-state index contributed by atoms with van der Waals surface area (Å²) in [7, 11) is 0. The molecule has 0 aliphatic heterocycles. The highest BCUT2D eigenvalue weighted by Crippen LogP contribution is 2.11. The molecule has 0 radical (unpaired) electrons. The number of rotatable bonds is 7. The van der Waals surface area contributed by atoms with Crippen molar-refractivity contribution in [2.45, 2.75) is 39.8 Å². The van der Waals surface area contributed by atoms with Crippen LogP contribution in [0.25, 0.3) is 0 Å². The number of hydrogen-bond acceptors (Lipinski definition) is 3. The summed E-state index contributed by atoms with van der Waals surface area (Å²) in [5.74, 6) is -0.0412. The van der Waals surface area contributed by atoms with E-state index in [1.807, 2.05) is 53.6 Å². The molecule has 26 heavy (non-hydrogen) atoms. The zero-order chi connectivity index (χ0) is 18.5. The van der Waals surface area contributed by atoms with Crippen molar-refractivity contribution in [3.63, 3.8) is 0 Å². The standard InChI is InChI=1S/C20H25N5O/c1-15-12-17(3)25(23-15)13-18-4-6-19(7-5-18)20(26)22-9-8-16(2)24-11-10-21-14-24/h4-7,10-12,14,16H,8-9,13H2,1-3H3,(H,22,26). The molecule has 3 rings (SSSR count). The van der Waals surface area contributed by atoms with E-state index in [-0.39, 0.29) is 5.91 Å². The minimum Gasteiger partial charge on any atom is -0.352 e. The number of aryl methyl sites for hydroxylation is 2. The molecule has 2 aromatic heterocycles. The Hall–Kier alpha value is -2.89. The lowest BCUT2D eigenvalue weighted by molar-refractivity contribution is 0.0952. The number of nitrogens with one attached hydrogen (secondary N) is 1. The van der Waals surface area contributed by atoms with Crippen LogP contribution in [0.4, 0.5) is 0 Å². The largest absolute Gasteiger partial charge is 0.352 e. The Morgan fingerprint density at radius 1 is 1.23 bits per heavy atom. The van der Waals surface area contributed by atoms with Gasteiger partial charge in [-0.2, -0.15) is 5.10 Å². The predicted octanol–water partition coefficient (Wildman–Crippen LogP) is 3.13. The molecule has 1 unspecified atom stereocenters. The van der Waals surface area contributed by atoms with Crippen molar-refractivity contribution >= 4 is 5.91 Å². The van der Waals surface area contributed by atoms with Gasteiger partial charge in [-0.15, -0.1) is 0 Å². The second-order valence-corrected chi connectivity index (χ2v) is 6.69. The van der Waals surface area contributed by atoms with Gasteiger partial charge in [-0.25, -0.2) is 4.98 Å². The van der Waals surface area contributed by atoms with E-state index in [0.717, 1.165) is 23.4 Å². The van der Waals surface area contributed by atoms with Crippen LogP contribution >= 0.6 is 0 Å². The predicted molar refractivity (Wildman–Crippen MR) is 101 cm³/mol. The highest BCUT2D eigenvalue weighted by atomic mass is 16.1. The number of amides is 1. The number of benzene rings is 1. The lowest BCUT2D eigenvalue weighted by atomic mass is 10.1. The van der Waals surface area contributed by atoms with Crippen molar-refractivity contribution in [1.82, 2.24) is 24.6 Å². The molecule has 1 atom stereocenters. The summed E-state index contributed by atoms with van der Waals surface area (Å²) in [4.78, 5) is 16.3. The third kappa shape index (κ3) is 4.39. The summed E-state index contributed by atoms with van der Waals surface area (Å²) < 4.78 is 4.02. The maximum atomic E-state index is 12.3. The van der Waals surface area contributed by atoms with Crippen LogP contribution in [0.5, 0.6) is 0 Å². The van der Waals surface area contributed by atoms with Crippen molar-refractivity contribution in [2.24, 2.45) is 0 Å². The number of hydrogen-bond donors (Lipinski definition) is 1. The van der Waals surface area contributed by atoms with Crippen molar-refractivity contribution < 1.29 is 4.79 Å². The second kappa shape index (κ2) is 7.99. The molecule has 0 saturated carbocycles. The Labute approximate surface area is 153 Å². The third-order valence-corrected chi connectivity index (χ3v) is 4.53. The summed E-state index contributed by atoms with van der Waals surface area (Å²) in [5, 5.41) is 7.46. The Kier molecular flexibility index (Phi) is 5.51. The first-order valence-corrected chi connectivity index (χ1v) is 8.88. The molecular formula is C20H25N5O. The van der Waals surface area contributed by atoms with Gasteiger partial charge in [0.15, 0.2) is 0 Å². The van der Waals surface area contributed by atoms with Crippen LogP contribution in [0.1, 0.15) is 46.7 Å². The molecule has 6 nitrogen and oxygen atoms in total. The van der Waals surface area contributed by atoms with Gasteiger partial charge in [-0.1, -0.05) is 12.1 Å². The van der Waals surface area contributed by atoms with Gasteiger partial charge in [0, 0.05) is 36.2 Å². The molecule has 6 heteroatoms. The van der Waals surface area contributed by atoms with E-state index in [2.05, 4.69) is 28.4 Å². The fourth-order valence-electron chi connectivity index (χ4n) is 2.95. The SMILES string of the molecule is Cc1cc(C)n(Cc2ccc(C(=O)NCCC(C)n3ccnc3)cc2)n1. The first-order valence-electron chi connectivity index (χ1n) is 8.88. The summed E-state index contributed by atoms with van der Waals surface area (Å²) in [6.07, 6.45) is 6.36. The zero-order valence-electron chi connectivity index (χ0n) is 15.5. The molecule has 0 aliphatic rings. The van der Waals surface area contributed by atoms with E-state index in [1.54, 1.807) is 12.5 Å². The Morgan fingerprint density at radius 2 is 2.00 bits per heavy atom. The molecule has 1 aromatic carbocycles. The number of aromatic nitrogens is 4. The molecule has 0 aliphatic carbocycles. The smallest absolute Gasteiger partial charge is 0.251 e. The molecule has 1 amide bonds. The summed E-state index contributed by atoms with van der Waals surface area (Å²) in [5.41, 5.74) is 3.96. The topological polar surface area (TPSA) is 64.7 Å². The van der Waals surface area contributed by atoms with Crippen LogP contribution in [0.2, 0.25) is 0 Å². The van der Waals surface area contributed by atoms with Gasteiger partial charge in [0.1, 0.15) is 0 Å². The maximum absolute atomic E-state index is 12.3. The van der Waals surface area contributed by atoms with E-state index < -0.39 is 0 Å². The first-order chi connectivity index (χ1) is 12.5. The maximum Gasteiger partial charge on any atom is 0.251 e. The quantitative estimate of drug-likeness (QED) is 0.711. The van der Waals surface area contributed by atoms with Gasteiger partial charge in [0.25, 0.3) is 5.91 Å². The number of carbonyl (C=O) groups is 1. The van der Waals surface area contributed by atoms with Crippen LogP contribution in [0.15, 0.2) is 49.1 Å². The zero-order valence-corrected chi connectivity index (χ0v) is 15.5. The molecule has 0 saturated heterocycles. The third-order valence-electron chi connectivity index (χ3n) is 4.53. The van der Waals surface area contributed by atoms with Gasteiger partial charge < -0.3 is 9.88 Å². The van der Waals surface area contributed by atoms with Gasteiger partial charge in [-0.05, 0) is 51.0 Å². The van der Waals surface area contributed by atoms with E-state index >= 15 is 0 Å². The average Bonchev–Trinajstić information content (AvgIpc) is 3.25. The summed E-state index contributed by atoms with van der Waals surface area (Å²) in [6.45, 7) is 7.49. The minimum absolute atomic E-state index is 0.0412. The lowest BCUT2D eigenvalue weighted by Crippen LogP contribution is -2.26. The van der Waals surface area contributed by atoms with Crippen molar-refractivity contribution in [3.05, 3.63) is 71.6 Å². The Bertz CT molecular complexity index is 849. The molecule has 3 aromatic rings. The fraction of sp³-hybridized carbons (Fsp3) is 0.350. The molecule has 0 spiro atoms. The molecular weight excluding hydrogens is 326 g/mol. The van der Waals surface area contributed by atoms with Gasteiger partial charge in [0.2, 0.25) is 0 Å². The summed E-state index contributed by atoms with van der Waals surface area (Å²) >= 11 is 0. The average molecular weight is 351 g/mol. The van der Waals surface area contributed by atoms with E-state index in [9.17, 15) is 4.79 Å². The fourth-order valence-corrected chi connectivity index (χ4v) is 2.95. The van der Waals surface area contributed by atoms with Crippen LogP contribution in [0, 0.1) is 13.8 Å². The van der Waals surface area contributed by atoms with Gasteiger partial charge in [0.05, 0.1) is 18.6 Å². The monoisotopic (exact) mass is 351 g/mol. The lowest BCUT2D eigenvalue weighted by Gasteiger charge is -2.13. The van der Waals surface area contributed by atoms with Crippen molar-refractivity contribution in [1.29, 1.82) is 0 Å². The highest BCUT2D eigenvalue weighted by Gasteiger charge is 2.08. The van der Waals surface area contributed by atoms with E-state index in [1.165, 1.54) is 0 Å². The van der Waals surface area contributed by atoms with Crippen LogP contribution < -0.4 is 5.32 Å². The van der Waals surface area contributed by atoms with Crippen LogP contribution in [0.3, 0.4) is 0 Å². The molecule has 136 valence electrons. The number of nitrogens with zero attached hydrogens (tertiary/aromatic N) is 4. The normalized spacial score (nSPS) is 12.1. The summed E-state index contributed by atoms with van der Waals surface area (Å²) in [6, 6.07) is 10.1. The Morgan fingerprint density at radius 3 is 2.62 bits per heavy atom. The molecule has 1 N–H and O–H groups in total. The van der Waals surface area contributed by atoms with Crippen LogP contribution in [-0.4, -0.2) is 31.8 Å². The minimum atomic E-state index is -0.0412. The van der Waals surface area contributed by atoms with Crippen molar-refractivity contribution in [3.8, 4) is 0 Å².